The van der Waals surface area contributed by atoms with Gasteiger partial charge in [-0.1, -0.05) is 24.3 Å². The molecule has 0 amide bonds. The van der Waals surface area contributed by atoms with E-state index >= 15 is 0 Å². The van der Waals surface area contributed by atoms with Crippen molar-refractivity contribution in [2.45, 2.75) is 0 Å². The van der Waals surface area contributed by atoms with Crippen molar-refractivity contribution in [2.24, 2.45) is 0 Å². The van der Waals surface area contributed by atoms with Crippen LogP contribution in [0.4, 0.5) is 17.6 Å². The minimum absolute atomic E-state index is 0.0657. The first-order valence-corrected chi connectivity index (χ1v) is 17.2. The molecule has 0 aliphatic carbocycles. The van der Waals surface area contributed by atoms with E-state index in [1.807, 2.05) is 36.4 Å². The van der Waals surface area contributed by atoms with Gasteiger partial charge in [-0.15, -0.1) is 0 Å². The van der Waals surface area contributed by atoms with Gasteiger partial charge >= 0.3 is 0 Å². The minimum Gasteiger partial charge on any atom is -0.268 e. The van der Waals surface area contributed by atoms with E-state index in [0.717, 1.165) is 67.4 Å². The minimum atomic E-state index is -0.594. The molecule has 13 rings (SSSR count). The number of aromatic nitrogens is 4. The summed E-state index contributed by atoms with van der Waals surface area (Å²) in [5.74, 6) is -2.35. The summed E-state index contributed by atoms with van der Waals surface area (Å²) >= 11 is 0. The number of halogens is 4. The van der Waals surface area contributed by atoms with Crippen LogP contribution in [0.25, 0.3) is 120 Å². The van der Waals surface area contributed by atoms with Gasteiger partial charge in [-0.2, -0.15) is 0 Å². The third kappa shape index (κ3) is 3.09. The van der Waals surface area contributed by atoms with Crippen LogP contribution in [0.2, 0.25) is 0 Å². The largest absolute Gasteiger partial charge is 0.268 e. The van der Waals surface area contributed by atoms with Gasteiger partial charge in [0.05, 0.1) is 22.1 Å². The maximum absolute atomic E-state index is 14.9. The third-order valence-corrected chi connectivity index (χ3v) is 11.6. The number of rotatable bonds is 0. The van der Waals surface area contributed by atoms with E-state index < -0.39 is 23.3 Å². The lowest BCUT2D eigenvalue weighted by molar-refractivity contribution is 0.618. The van der Waals surface area contributed by atoms with Crippen LogP contribution in [0.5, 0.6) is 0 Å². The fourth-order valence-electron chi connectivity index (χ4n) is 9.32. The van der Waals surface area contributed by atoms with Crippen molar-refractivity contribution >= 4 is 120 Å². The van der Waals surface area contributed by atoms with Crippen LogP contribution in [-0.2, 0) is 0 Å². The Morgan fingerprint density at radius 2 is 0.648 bits per heavy atom. The Balaban J connectivity index is 1.18. The Morgan fingerprint density at radius 1 is 0.352 bits per heavy atom. The molecule has 0 aliphatic rings. The fourth-order valence-corrected chi connectivity index (χ4v) is 9.32. The standard InChI is InChI=1S/C44H16F4N4O2/c45-29-9-11-31(47)27-15-35-33(13-25(27)29)49-41-21-5-1-17-18-2-6-22-40-24(8-4-20(38(18)40)19-3-7-23(39(21)37(17)19)43(53)51(35)41)44(54)52-36-16-28-26(14-34(36)50-42(22)52)30(46)10-12-32(28)48/h1-16H. The summed E-state index contributed by atoms with van der Waals surface area (Å²) in [4.78, 5) is 38.4. The molecule has 10 heteroatoms. The van der Waals surface area contributed by atoms with Gasteiger partial charge in [-0.05, 0) is 105 Å². The zero-order valence-electron chi connectivity index (χ0n) is 27.4. The Labute approximate surface area is 296 Å². The third-order valence-electron chi connectivity index (χ3n) is 11.6. The van der Waals surface area contributed by atoms with Crippen molar-refractivity contribution < 1.29 is 17.6 Å². The van der Waals surface area contributed by atoms with Crippen molar-refractivity contribution in [3.05, 3.63) is 141 Å². The second-order valence-corrected chi connectivity index (χ2v) is 14.1. The van der Waals surface area contributed by atoms with Crippen LogP contribution in [-0.4, -0.2) is 18.8 Å². The summed E-state index contributed by atoms with van der Waals surface area (Å²) in [6.45, 7) is 0. The summed E-state index contributed by atoms with van der Waals surface area (Å²) < 4.78 is 62.3. The molecule has 0 radical (unpaired) electrons. The average molecular weight is 709 g/mol. The lowest BCUT2D eigenvalue weighted by Crippen LogP contribution is -2.14. The van der Waals surface area contributed by atoms with Gasteiger partial charge in [-0.25, -0.2) is 27.5 Å². The highest BCUT2D eigenvalue weighted by atomic mass is 19.1. The fraction of sp³-hybridized carbons (Fsp3) is 0. The molecular weight excluding hydrogens is 693 g/mol. The highest BCUT2D eigenvalue weighted by Crippen LogP contribution is 2.46. The lowest BCUT2D eigenvalue weighted by atomic mass is 9.86. The van der Waals surface area contributed by atoms with E-state index in [4.69, 9.17) is 9.97 Å². The van der Waals surface area contributed by atoms with Gasteiger partial charge in [0, 0.05) is 53.9 Å². The lowest BCUT2D eigenvalue weighted by Gasteiger charge is -2.18. The van der Waals surface area contributed by atoms with Gasteiger partial charge in [0.2, 0.25) is 0 Å². The first-order valence-electron chi connectivity index (χ1n) is 17.2. The van der Waals surface area contributed by atoms with E-state index in [-0.39, 0.29) is 32.7 Å². The van der Waals surface area contributed by atoms with Crippen LogP contribution in [0.1, 0.15) is 0 Å². The topological polar surface area (TPSA) is 68.7 Å². The Morgan fingerprint density at radius 3 is 1.02 bits per heavy atom. The molecule has 252 valence electrons. The predicted octanol–water partition coefficient (Wildman–Crippen LogP) is 10.1. The van der Waals surface area contributed by atoms with Crippen LogP contribution in [0.3, 0.4) is 0 Å². The number of imidazole rings is 2. The summed E-state index contributed by atoms with van der Waals surface area (Å²) in [7, 11) is 0. The number of pyridine rings is 2. The molecule has 13 aromatic rings. The molecule has 0 atom stereocenters. The van der Waals surface area contributed by atoms with Gasteiger partial charge in [-0.3, -0.25) is 18.4 Å². The molecule has 4 aromatic heterocycles. The molecule has 0 aliphatic heterocycles. The van der Waals surface area contributed by atoms with Gasteiger partial charge in [0.15, 0.2) is 0 Å². The van der Waals surface area contributed by atoms with E-state index in [2.05, 4.69) is 0 Å². The second kappa shape index (κ2) is 9.05. The maximum atomic E-state index is 14.9. The quantitative estimate of drug-likeness (QED) is 0.0894. The Hall–Kier alpha value is -7.20. The van der Waals surface area contributed by atoms with E-state index in [9.17, 15) is 27.2 Å². The van der Waals surface area contributed by atoms with E-state index in [0.29, 0.717) is 54.9 Å². The monoisotopic (exact) mass is 708 g/mol. The summed E-state index contributed by atoms with van der Waals surface area (Å²) in [6.07, 6.45) is 0. The smallest absolute Gasteiger partial charge is 0.264 e. The SMILES string of the molecule is O=c1c2ccc3c4ccc5c(=O)n6c7cc8c(F)ccc(F)c8cc7nc6c6ccc(c7ccc(c2c37)c2nc3cc7c(F)ccc(F)c7cc3n12)c4c56. The first-order chi connectivity index (χ1) is 26.3. The van der Waals surface area contributed by atoms with Crippen LogP contribution in [0.15, 0.2) is 107 Å². The number of nitrogens with zero attached hydrogens (tertiary/aromatic N) is 4. The van der Waals surface area contributed by atoms with Crippen LogP contribution in [0, 0.1) is 23.3 Å². The molecule has 0 spiro atoms. The molecule has 0 N–H and O–H groups in total. The van der Waals surface area contributed by atoms with Crippen molar-refractivity contribution in [1.29, 1.82) is 0 Å². The average Bonchev–Trinajstić information content (AvgIpc) is 3.76. The molecule has 4 heterocycles. The van der Waals surface area contributed by atoms with Gasteiger partial charge < -0.3 is 0 Å². The van der Waals surface area contributed by atoms with Crippen LogP contribution >= 0.6 is 0 Å². The Bertz CT molecular complexity index is 3780. The molecule has 0 bridgehead atoms. The number of fused-ring (bicyclic) bond motifs is 12. The maximum Gasteiger partial charge on any atom is 0.264 e. The van der Waals surface area contributed by atoms with Gasteiger partial charge in [0.1, 0.15) is 34.6 Å². The zero-order valence-corrected chi connectivity index (χ0v) is 27.4. The highest BCUT2D eigenvalue weighted by molar-refractivity contribution is 6.40. The molecular formula is C44H16F4N4O2. The highest BCUT2D eigenvalue weighted by Gasteiger charge is 2.25. The van der Waals surface area contributed by atoms with Crippen molar-refractivity contribution in [3.63, 3.8) is 0 Å². The normalized spacial score (nSPS) is 13.0. The molecule has 0 saturated carbocycles. The molecule has 54 heavy (non-hydrogen) atoms. The number of hydrogen-bond acceptors (Lipinski definition) is 4. The number of hydrogen-bond donors (Lipinski definition) is 0. The summed E-state index contributed by atoms with van der Waals surface area (Å²) in [5.41, 5.74) is 1.63. The van der Waals surface area contributed by atoms with E-state index in [1.165, 1.54) is 33.1 Å². The first kappa shape index (κ1) is 28.4. The number of benzene rings is 9. The van der Waals surface area contributed by atoms with Gasteiger partial charge in [0.25, 0.3) is 11.1 Å². The van der Waals surface area contributed by atoms with Crippen molar-refractivity contribution in [2.75, 3.05) is 0 Å². The van der Waals surface area contributed by atoms with Crippen molar-refractivity contribution in [3.8, 4) is 0 Å². The summed E-state index contributed by atoms with van der Waals surface area (Å²) in [5, 5.41) is 9.30. The van der Waals surface area contributed by atoms with E-state index in [1.54, 1.807) is 12.1 Å². The second-order valence-electron chi connectivity index (χ2n) is 14.1. The molecule has 0 fully saturated rings. The predicted molar refractivity (Wildman–Crippen MR) is 205 cm³/mol. The summed E-state index contributed by atoms with van der Waals surface area (Å²) in [6, 6.07) is 25.5. The Kier molecular flexibility index (Phi) is 4.76. The molecule has 0 saturated heterocycles. The van der Waals surface area contributed by atoms with Crippen LogP contribution < -0.4 is 11.1 Å². The van der Waals surface area contributed by atoms with Crippen molar-refractivity contribution in [1.82, 2.24) is 18.8 Å². The zero-order chi connectivity index (χ0) is 36.0. The molecule has 9 aromatic carbocycles. The molecule has 0 unspecified atom stereocenters. The molecule has 6 nitrogen and oxygen atoms in total.